The first-order valence-electron chi connectivity index (χ1n) is 8.27. The third kappa shape index (κ3) is 4.70. The fraction of sp³-hybridized carbons (Fsp3) is 0.100. The lowest BCUT2D eigenvalue weighted by molar-refractivity contribution is 0.506. The van der Waals surface area contributed by atoms with Crippen molar-refractivity contribution in [3.63, 3.8) is 0 Å². The summed E-state index contributed by atoms with van der Waals surface area (Å²) >= 11 is 5.91. The van der Waals surface area contributed by atoms with Gasteiger partial charge in [0, 0.05) is 6.26 Å². The van der Waals surface area contributed by atoms with Crippen LogP contribution in [0.15, 0.2) is 59.5 Å². The average Bonchev–Trinajstić information content (AvgIpc) is 2.69. The van der Waals surface area contributed by atoms with E-state index >= 15 is 0 Å². The summed E-state index contributed by atoms with van der Waals surface area (Å²) in [7, 11) is -3.48. The quantitative estimate of drug-likeness (QED) is 0.641. The molecule has 2 aromatic carbocycles. The molecule has 0 aliphatic rings. The van der Waals surface area contributed by atoms with Crippen LogP contribution >= 0.6 is 11.6 Å². The van der Waals surface area contributed by atoms with Gasteiger partial charge in [0.25, 0.3) is 0 Å². The van der Waals surface area contributed by atoms with E-state index in [0.717, 1.165) is 18.4 Å². The molecular formula is C20H14ClF2N3O2S. The maximum absolute atomic E-state index is 13.9. The Labute approximate surface area is 171 Å². The minimum atomic E-state index is -3.48. The van der Waals surface area contributed by atoms with Gasteiger partial charge in [-0.25, -0.2) is 22.2 Å². The second kappa shape index (κ2) is 8.15. The van der Waals surface area contributed by atoms with E-state index in [2.05, 4.69) is 10.3 Å². The summed E-state index contributed by atoms with van der Waals surface area (Å²) < 4.78 is 51.1. The van der Waals surface area contributed by atoms with Gasteiger partial charge in [-0.2, -0.15) is 5.26 Å². The number of nitrogens with zero attached hydrogens (tertiary/aromatic N) is 2. The number of nitrogens with one attached hydrogen (secondary N) is 1. The Morgan fingerprint density at radius 2 is 1.79 bits per heavy atom. The number of hydrogen-bond acceptors (Lipinski definition) is 5. The van der Waals surface area contributed by atoms with Crippen LogP contribution in [0.3, 0.4) is 0 Å². The van der Waals surface area contributed by atoms with Gasteiger partial charge >= 0.3 is 0 Å². The van der Waals surface area contributed by atoms with Crippen molar-refractivity contribution in [2.75, 3.05) is 11.6 Å². The predicted octanol–water partition coefficient (Wildman–Crippen LogP) is 4.49. The number of halogens is 3. The standard InChI is InChI=1S/C20H14ClF2N3O2S/c1-29(27,28)14-4-2-3-12(9-14)20(13-5-7-16(22)17(23)10-13)26-19-8-6-15(21)18(11-24)25-19/h2-10,20H,1H3,(H,25,26). The molecule has 0 spiro atoms. The number of benzene rings is 2. The Kier molecular flexibility index (Phi) is 5.82. The fourth-order valence-corrected chi connectivity index (χ4v) is 3.55. The number of pyridine rings is 1. The molecule has 9 heteroatoms. The Morgan fingerprint density at radius 3 is 2.45 bits per heavy atom. The Hall–Kier alpha value is -3.02. The predicted molar refractivity (Wildman–Crippen MR) is 105 cm³/mol. The molecule has 0 amide bonds. The summed E-state index contributed by atoms with van der Waals surface area (Å²) in [6.07, 6.45) is 1.08. The van der Waals surface area contributed by atoms with Crippen LogP contribution in [0.2, 0.25) is 5.02 Å². The first-order valence-corrected chi connectivity index (χ1v) is 10.5. The van der Waals surface area contributed by atoms with Gasteiger partial charge in [-0.3, -0.25) is 0 Å². The molecule has 0 bridgehead atoms. The highest BCUT2D eigenvalue weighted by Crippen LogP contribution is 2.29. The van der Waals surface area contributed by atoms with Crippen LogP contribution in [0, 0.1) is 23.0 Å². The van der Waals surface area contributed by atoms with Crippen molar-refractivity contribution >= 4 is 27.3 Å². The van der Waals surface area contributed by atoms with E-state index in [-0.39, 0.29) is 21.4 Å². The SMILES string of the molecule is CS(=O)(=O)c1cccc(C(Nc2ccc(Cl)c(C#N)n2)c2ccc(F)c(F)c2)c1. The summed E-state index contributed by atoms with van der Waals surface area (Å²) in [5.41, 5.74) is 0.810. The molecule has 0 saturated carbocycles. The van der Waals surface area contributed by atoms with Crippen molar-refractivity contribution < 1.29 is 17.2 Å². The minimum Gasteiger partial charge on any atom is -0.359 e. The maximum atomic E-state index is 13.9. The van der Waals surface area contributed by atoms with Crippen LogP contribution in [0.1, 0.15) is 22.9 Å². The van der Waals surface area contributed by atoms with Gasteiger partial charge in [-0.05, 0) is 47.5 Å². The molecule has 3 rings (SSSR count). The van der Waals surface area contributed by atoms with E-state index in [1.54, 1.807) is 12.1 Å². The third-order valence-electron chi connectivity index (χ3n) is 4.14. The summed E-state index contributed by atoms with van der Waals surface area (Å²) in [6.45, 7) is 0. The third-order valence-corrected chi connectivity index (χ3v) is 5.56. The molecule has 0 aliphatic heterocycles. The van der Waals surface area contributed by atoms with Crippen LogP contribution in [0.4, 0.5) is 14.6 Å². The number of rotatable bonds is 5. The molecule has 1 N–H and O–H groups in total. The van der Waals surface area contributed by atoms with Crippen molar-refractivity contribution in [1.82, 2.24) is 4.98 Å². The molecule has 1 unspecified atom stereocenters. The fourth-order valence-electron chi connectivity index (χ4n) is 2.72. The molecule has 0 saturated heterocycles. The number of nitriles is 1. The zero-order valence-electron chi connectivity index (χ0n) is 15.0. The van der Waals surface area contributed by atoms with Crippen molar-refractivity contribution in [2.24, 2.45) is 0 Å². The van der Waals surface area contributed by atoms with Crippen LogP contribution < -0.4 is 5.32 Å². The molecule has 3 aromatic rings. The summed E-state index contributed by atoms with van der Waals surface area (Å²) in [4.78, 5) is 4.18. The van der Waals surface area contributed by atoms with Crippen LogP contribution in [0.5, 0.6) is 0 Å². The zero-order valence-corrected chi connectivity index (χ0v) is 16.6. The van der Waals surface area contributed by atoms with E-state index in [1.807, 2.05) is 6.07 Å². The van der Waals surface area contributed by atoms with Gasteiger partial charge in [-0.1, -0.05) is 29.8 Å². The number of aromatic nitrogens is 1. The number of sulfone groups is 1. The highest BCUT2D eigenvalue weighted by molar-refractivity contribution is 7.90. The highest BCUT2D eigenvalue weighted by Gasteiger charge is 2.19. The van der Waals surface area contributed by atoms with Gasteiger partial charge in [0.15, 0.2) is 27.2 Å². The summed E-state index contributed by atoms with van der Waals surface area (Å²) in [6, 6.07) is 13.5. The maximum Gasteiger partial charge on any atom is 0.175 e. The second-order valence-corrected chi connectivity index (χ2v) is 8.66. The Balaban J connectivity index is 2.12. The summed E-state index contributed by atoms with van der Waals surface area (Å²) in [5.74, 6) is -1.80. The highest BCUT2D eigenvalue weighted by atomic mass is 35.5. The topological polar surface area (TPSA) is 82.9 Å². The van der Waals surface area contributed by atoms with E-state index in [9.17, 15) is 17.2 Å². The van der Waals surface area contributed by atoms with E-state index in [0.29, 0.717) is 11.1 Å². The Morgan fingerprint density at radius 1 is 1.07 bits per heavy atom. The molecular weight excluding hydrogens is 420 g/mol. The van der Waals surface area contributed by atoms with Gasteiger partial charge in [0.2, 0.25) is 0 Å². The first-order chi connectivity index (χ1) is 13.7. The zero-order chi connectivity index (χ0) is 21.2. The molecule has 148 valence electrons. The molecule has 1 atom stereocenters. The molecule has 1 heterocycles. The van der Waals surface area contributed by atoms with Gasteiger partial charge in [-0.15, -0.1) is 0 Å². The smallest absolute Gasteiger partial charge is 0.175 e. The summed E-state index contributed by atoms with van der Waals surface area (Å²) in [5, 5.41) is 12.3. The lowest BCUT2D eigenvalue weighted by Gasteiger charge is -2.21. The molecule has 0 fully saturated rings. The van der Waals surface area contributed by atoms with Crippen molar-refractivity contribution in [3.8, 4) is 6.07 Å². The number of anilines is 1. The second-order valence-electron chi connectivity index (χ2n) is 6.23. The minimum absolute atomic E-state index is 0.00871. The normalized spacial score (nSPS) is 12.2. The largest absolute Gasteiger partial charge is 0.359 e. The lowest BCUT2D eigenvalue weighted by atomic mass is 9.98. The molecule has 0 radical (unpaired) electrons. The number of hydrogen-bond donors (Lipinski definition) is 1. The van der Waals surface area contributed by atoms with Crippen LogP contribution in [-0.2, 0) is 9.84 Å². The van der Waals surface area contributed by atoms with E-state index < -0.39 is 27.5 Å². The Bertz CT molecular complexity index is 1230. The monoisotopic (exact) mass is 433 g/mol. The van der Waals surface area contributed by atoms with Gasteiger partial charge in [0.05, 0.1) is 16.0 Å². The average molecular weight is 434 g/mol. The molecule has 1 aromatic heterocycles. The van der Waals surface area contributed by atoms with Crippen molar-refractivity contribution in [3.05, 3.63) is 88.1 Å². The lowest BCUT2D eigenvalue weighted by Crippen LogP contribution is -2.15. The van der Waals surface area contributed by atoms with Gasteiger partial charge < -0.3 is 5.32 Å². The van der Waals surface area contributed by atoms with Crippen LogP contribution in [-0.4, -0.2) is 19.7 Å². The molecule has 5 nitrogen and oxygen atoms in total. The first kappa shape index (κ1) is 20.7. The van der Waals surface area contributed by atoms with Crippen LogP contribution in [0.25, 0.3) is 0 Å². The van der Waals surface area contributed by atoms with Gasteiger partial charge in [0.1, 0.15) is 11.9 Å². The molecule has 29 heavy (non-hydrogen) atoms. The van der Waals surface area contributed by atoms with Crippen molar-refractivity contribution in [2.45, 2.75) is 10.9 Å². The van der Waals surface area contributed by atoms with E-state index in [4.69, 9.17) is 16.9 Å². The van der Waals surface area contributed by atoms with E-state index in [1.165, 1.54) is 30.3 Å². The molecule has 0 aliphatic carbocycles. The van der Waals surface area contributed by atoms with Crippen molar-refractivity contribution in [1.29, 1.82) is 5.26 Å².